The molecule has 0 radical (unpaired) electrons. The minimum absolute atomic E-state index is 0.0197. The number of halogens is 1. The molecule has 5 nitrogen and oxygen atoms in total. The Morgan fingerprint density at radius 2 is 1.91 bits per heavy atom. The van der Waals surface area contributed by atoms with Crippen molar-refractivity contribution in [1.29, 1.82) is 0 Å². The van der Waals surface area contributed by atoms with Gasteiger partial charge in [0.15, 0.2) is 0 Å². The third-order valence-corrected chi connectivity index (χ3v) is 7.04. The van der Waals surface area contributed by atoms with E-state index in [4.69, 9.17) is 11.6 Å². The molecule has 1 aromatic carbocycles. The van der Waals surface area contributed by atoms with Gasteiger partial charge < -0.3 is 20.2 Å². The number of amides is 1. The average Bonchev–Trinajstić information content (AvgIpc) is 3.08. The fourth-order valence-electron chi connectivity index (χ4n) is 6.00. The van der Waals surface area contributed by atoms with Crippen LogP contribution in [-0.2, 0) is 0 Å². The highest BCUT2D eigenvalue weighted by Crippen LogP contribution is 2.64. The average molecular weight is 336 g/mol. The summed E-state index contributed by atoms with van der Waals surface area (Å²) in [5.41, 5.74) is 0.233. The van der Waals surface area contributed by atoms with E-state index in [1.807, 2.05) is 0 Å². The van der Waals surface area contributed by atoms with Gasteiger partial charge >= 0.3 is 0 Å². The Labute approximate surface area is 138 Å². The van der Waals surface area contributed by atoms with E-state index in [2.05, 4.69) is 0 Å². The number of phenols is 1. The van der Waals surface area contributed by atoms with Crippen LogP contribution < -0.4 is 0 Å². The summed E-state index contributed by atoms with van der Waals surface area (Å²) < 4.78 is 0. The van der Waals surface area contributed by atoms with Crippen molar-refractivity contribution in [2.24, 2.45) is 23.7 Å². The van der Waals surface area contributed by atoms with E-state index in [0.29, 0.717) is 5.92 Å². The van der Waals surface area contributed by atoms with Crippen LogP contribution in [0.25, 0.3) is 0 Å². The van der Waals surface area contributed by atoms with Gasteiger partial charge in [-0.15, -0.1) is 0 Å². The van der Waals surface area contributed by atoms with Crippen molar-refractivity contribution < 1.29 is 20.1 Å². The van der Waals surface area contributed by atoms with Crippen molar-refractivity contribution in [2.45, 2.75) is 37.1 Å². The van der Waals surface area contributed by atoms with E-state index in [1.54, 1.807) is 4.90 Å². The summed E-state index contributed by atoms with van der Waals surface area (Å²) in [5.74, 6) is 0.603. The smallest absolute Gasteiger partial charge is 0.256 e. The minimum atomic E-state index is -0.515. The fraction of sp³-hybridized carbons (Fsp3) is 0.588. The number of piperidine rings is 1. The molecular weight excluding hydrogens is 318 g/mol. The maximum absolute atomic E-state index is 13.1. The van der Waals surface area contributed by atoms with Gasteiger partial charge in [-0.1, -0.05) is 11.6 Å². The van der Waals surface area contributed by atoms with Crippen LogP contribution in [0.5, 0.6) is 5.75 Å². The maximum Gasteiger partial charge on any atom is 0.256 e. The quantitative estimate of drug-likeness (QED) is 0.721. The zero-order valence-electron chi connectivity index (χ0n) is 12.3. The van der Waals surface area contributed by atoms with Gasteiger partial charge in [0.2, 0.25) is 0 Å². The van der Waals surface area contributed by atoms with Crippen LogP contribution in [0.1, 0.15) is 23.2 Å². The molecule has 1 saturated heterocycles. The molecule has 0 spiro atoms. The van der Waals surface area contributed by atoms with E-state index < -0.39 is 12.2 Å². The molecule has 1 heterocycles. The van der Waals surface area contributed by atoms with Gasteiger partial charge in [-0.3, -0.25) is 4.79 Å². The molecule has 1 amide bonds. The molecule has 3 saturated carbocycles. The van der Waals surface area contributed by atoms with E-state index in [-0.39, 0.29) is 52.1 Å². The van der Waals surface area contributed by atoms with Crippen LogP contribution in [0, 0.1) is 23.7 Å². The number of carbonyl (C=O) groups is 1. The molecule has 4 aliphatic rings. The van der Waals surface area contributed by atoms with E-state index in [1.165, 1.54) is 18.2 Å². The summed E-state index contributed by atoms with van der Waals surface area (Å²) in [6.07, 6.45) is 0.614. The van der Waals surface area contributed by atoms with Crippen LogP contribution in [0.15, 0.2) is 18.2 Å². The molecule has 1 aromatic rings. The molecule has 8 unspecified atom stereocenters. The number of aliphatic hydroxyl groups excluding tert-OH is 2. The molecule has 4 bridgehead atoms. The van der Waals surface area contributed by atoms with E-state index in [9.17, 15) is 20.1 Å². The van der Waals surface area contributed by atoms with Crippen LogP contribution in [0.4, 0.5) is 0 Å². The Hall–Kier alpha value is -1.30. The molecule has 3 aliphatic carbocycles. The molecule has 23 heavy (non-hydrogen) atoms. The lowest BCUT2D eigenvalue weighted by molar-refractivity contribution is -0.0836. The lowest BCUT2D eigenvalue weighted by Gasteiger charge is -2.48. The number of hydrogen-bond donors (Lipinski definition) is 3. The number of hydrogen-bond acceptors (Lipinski definition) is 4. The predicted molar refractivity (Wildman–Crippen MR) is 82.1 cm³/mol. The first kappa shape index (κ1) is 14.1. The summed E-state index contributed by atoms with van der Waals surface area (Å²) >= 11 is 6.15. The van der Waals surface area contributed by atoms with Crippen LogP contribution >= 0.6 is 11.6 Å². The fourth-order valence-corrected chi connectivity index (χ4v) is 6.20. The van der Waals surface area contributed by atoms with Crippen molar-refractivity contribution in [3.63, 3.8) is 0 Å². The van der Waals surface area contributed by atoms with Crippen LogP contribution in [0.3, 0.4) is 0 Å². The first-order valence-corrected chi connectivity index (χ1v) is 8.54. The summed E-state index contributed by atoms with van der Waals surface area (Å²) in [6.45, 7) is 0. The molecule has 3 N–H and O–H groups in total. The molecule has 4 fully saturated rings. The summed E-state index contributed by atoms with van der Waals surface area (Å²) in [7, 11) is 0. The highest BCUT2D eigenvalue weighted by Gasteiger charge is 2.70. The lowest BCUT2D eigenvalue weighted by Crippen LogP contribution is -2.62. The van der Waals surface area contributed by atoms with Gasteiger partial charge in [-0.05, 0) is 54.7 Å². The second-order valence-electron chi connectivity index (χ2n) is 7.46. The van der Waals surface area contributed by atoms with Crippen molar-refractivity contribution in [3.05, 3.63) is 28.8 Å². The highest BCUT2D eigenvalue weighted by atomic mass is 35.5. The van der Waals surface area contributed by atoms with Crippen LogP contribution in [0.2, 0.25) is 5.02 Å². The number of phenolic OH excluding ortho intramolecular Hbond substituents is 1. The van der Waals surface area contributed by atoms with Crippen molar-refractivity contribution in [2.75, 3.05) is 0 Å². The molecule has 1 aliphatic heterocycles. The Morgan fingerprint density at radius 1 is 1.13 bits per heavy atom. The second-order valence-corrected chi connectivity index (χ2v) is 7.86. The van der Waals surface area contributed by atoms with Crippen molar-refractivity contribution >= 4 is 17.5 Å². The SMILES string of the molecule is O=C(c1cc(O)ccc1Cl)N1C2CC3C4CC(C3C2O)C1C4O. The molecule has 122 valence electrons. The van der Waals surface area contributed by atoms with Gasteiger partial charge in [0.25, 0.3) is 5.91 Å². The van der Waals surface area contributed by atoms with E-state index in [0.717, 1.165) is 12.8 Å². The lowest BCUT2D eigenvalue weighted by atomic mass is 9.75. The van der Waals surface area contributed by atoms with Crippen molar-refractivity contribution in [3.8, 4) is 5.75 Å². The monoisotopic (exact) mass is 335 g/mol. The van der Waals surface area contributed by atoms with Crippen molar-refractivity contribution in [1.82, 2.24) is 4.90 Å². The highest BCUT2D eigenvalue weighted by molar-refractivity contribution is 6.33. The first-order valence-electron chi connectivity index (χ1n) is 8.16. The number of benzene rings is 1. The molecular formula is C17H18ClNO4. The Morgan fingerprint density at radius 3 is 2.70 bits per heavy atom. The zero-order valence-corrected chi connectivity index (χ0v) is 13.1. The zero-order chi connectivity index (χ0) is 16.0. The number of aromatic hydroxyl groups is 1. The second kappa shape index (κ2) is 4.41. The summed E-state index contributed by atoms with van der Waals surface area (Å²) in [6, 6.07) is 3.81. The topological polar surface area (TPSA) is 81.0 Å². The van der Waals surface area contributed by atoms with Gasteiger partial charge in [-0.25, -0.2) is 0 Å². The number of carbonyl (C=O) groups excluding carboxylic acids is 1. The Balaban J connectivity index is 1.60. The van der Waals surface area contributed by atoms with Crippen LogP contribution in [-0.4, -0.2) is 50.4 Å². The maximum atomic E-state index is 13.1. The number of rotatable bonds is 1. The first-order chi connectivity index (χ1) is 11.0. The third-order valence-electron chi connectivity index (χ3n) is 6.71. The predicted octanol–water partition coefficient (Wildman–Crippen LogP) is 1.25. The molecule has 5 rings (SSSR count). The van der Waals surface area contributed by atoms with Gasteiger partial charge in [0.05, 0.1) is 34.9 Å². The minimum Gasteiger partial charge on any atom is -0.508 e. The van der Waals surface area contributed by atoms with E-state index >= 15 is 0 Å². The molecule has 0 aromatic heterocycles. The largest absolute Gasteiger partial charge is 0.508 e. The normalized spacial score (nSPS) is 46.0. The molecule has 6 heteroatoms. The molecule has 8 atom stereocenters. The Bertz CT molecular complexity index is 710. The third kappa shape index (κ3) is 1.58. The standard InChI is InChI=1S/C17H18ClNO4/c18-11-2-1-6(20)3-9(11)17(23)19-12-5-7-8-4-10(13(7)16(12)22)14(19)15(8)21/h1-3,7-8,10,12-16,20-22H,4-5H2. The number of likely N-dealkylation sites (tertiary alicyclic amines) is 1. The number of fused-ring (bicyclic) bond motifs is 3. The van der Waals surface area contributed by atoms with Gasteiger partial charge in [0.1, 0.15) is 5.75 Å². The number of nitrogens with zero attached hydrogens (tertiary/aromatic N) is 1. The van der Waals surface area contributed by atoms with Gasteiger partial charge in [-0.2, -0.15) is 0 Å². The summed E-state index contributed by atoms with van der Waals surface area (Å²) in [4.78, 5) is 14.8. The Kier molecular flexibility index (Phi) is 2.70. The number of aliphatic hydroxyl groups is 2. The van der Waals surface area contributed by atoms with Gasteiger partial charge in [0, 0.05) is 0 Å². The summed E-state index contributed by atoms with van der Waals surface area (Å²) in [5, 5.41) is 31.3.